The van der Waals surface area contributed by atoms with Gasteiger partial charge in [0, 0.05) is 0 Å². The van der Waals surface area contributed by atoms with Crippen LogP contribution in [0.1, 0.15) is 5.56 Å². The summed E-state index contributed by atoms with van der Waals surface area (Å²) in [5.74, 6) is -0.672. The van der Waals surface area contributed by atoms with E-state index in [2.05, 4.69) is 25.7 Å². The van der Waals surface area contributed by atoms with Crippen LogP contribution in [0.25, 0.3) is 0 Å². The highest BCUT2D eigenvalue weighted by Crippen LogP contribution is 2.34. The maximum Gasteiger partial charge on any atom is 0.574 e. The molecule has 4 nitrogen and oxygen atoms in total. The monoisotopic (exact) mass is 296 g/mol. The fourth-order valence-corrected chi connectivity index (χ4v) is 1.40. The second kappa shape index (κ2) is 4.57. The number of aromatic nitrogens is 1. The van der Waals surface area contributed by atoms with Crippen LogP contribution in [0.3, 0.4) is 0 Å². The summed E-state index contributed by atoms with van der Waals surface area (Å²) >= 11 is 2.93. The van der Waals surface area contributed by atoms with Crippen LogP contribution in [-0.4, -0.2) is 18.5 Å². The van der Waals surface area contributed by atoms with Crippen molar-refractivity contribution in [1.29, 1.82) is 5.26 Å². The van der Waals surface area contributed by atoms with Gasteiger partial charge in [-0.2, -0.15) is 5.26 Å². The summed E-state index contributed by atoms with van der Waals surface area (Å²) in [5.41, 5.74) is -0.378. The molecule has 0 fully saturated rings. The summed E-state index contributed by atoms with van der Waals surface area (Å²) in [6.07, 6.45) is -3.88. The highest BCUT2D eigenvalue weighted by Gasteiger charge is 2.33. The van der Waals surface area contributed by atoms with Crippen LogP contribution in [-0.2, 0) is 0 Å². The van der Waals surface area contributed by atoms with Gasteiger partial charge in [0.25, 0.3) is 0 Å². The maximum absolute atomic E-state index is 12.0. The lowest BCUT2D eigenvalue weighted by atomic mass is 10.3. The Balaban J connectivity index is 3.23. The van der Waals surface area contributed by atoms with Crippen molar-refractivity contribution in [2.24, 2.45) is 0 Å². The largest absolute Gasteiger partial charge is 0.574 e. The lowest BCUT2D eigenvalue weighted by Gasteiger charge is -2.11. The molecule has 0 amide bonds. The van der Waals surface area contributed by atoms with Gasteiger partial charge in [0.2, 0.25) is 5.88 Å². The Morgan fingerprint density at radius 2 is 2.12 bits per heavy atom. The molecule has 0 unspecified atom stereocenters. The van der Waals surface area contributed by atoms with Crippen LogP contribution in [0.5, 0.6) is 11.6 Å². The molecule has 0 saturated carbocycles. The third-order valence-electron chi connectivity index (χ3n) is 1.49. The minimum Gasteiger partial charge on any atom is -0.494 e. The van der Waals surface area contributed by atoms with Crippen molar-refractivity contribution in [2.45, 2.75) is 6.36 Å². The van der Waals surface area contributed by atoms with Crippen LogP contribution in [0.15, 0.2) is 10.7 Å². The average molecular weight is 297 g/mol. The molecular formula is C8H4BrF3N2O2. The number of rotatable bonds is 2. The zero-order valence-corrected chi connectivity index (χ0v) is 9.39. The van der Waals surface area contributed by atoms with E-state index in [1.165, 1.54) is 7.11 Å². The second-order valence-electron chi connectivity index (χ2n) is 2.48. The smallest absolute Gasteiger partial charge is 0.494 e. The molecule has 0 aromatic carbocycles. The first-order valence-electron chi connectivity index (χ1n) is 3.77. The molecule has 0 aliphatic carbocycles. The highest BCUT2D eigenvalue weighted by atomic mass is 79.9. The minimum absolute atomic E-state index is 0.0618. The van der Waals surface area contributed by atoms with E-state index in [0.29, 0.717) is 0 Å². The van der Waals surface area contributed by atoms with E-state index in [-0.39, 0.29) is 15.8 Å². The van der Waals surface area contributed by atoms with Crippen LogP contribution >= 0.6 is 15.9 Å². The summed E-state index contributed by atoms with van der Waals surface area (Å²) in [5, 5.41) is 8.69. The molecule has 8 heteroatoms. The third kappa shape index (κ3) is 2.76. The minimum atomic E-state index is -4.90. The predicted octanol–water partition coefficient (Wildman–Crippen LogP) is 2.62. The number of methoxy groups -OCH3 is 1. The molecule has 0 N–H and O–H groups in total. The molecule has 0 aliphatic rings. The van der Waals surface area contributed by atoms with Crippen molar-refractivity contribution in [3.05, 3.63) is 16.2 Å². The molecular weight excluding hydrogens is 293 g/mol. The summed E-state index contributed by atoms with van der Waals surface area (Å²) in [7, 11) is 1.30. The molecule has 1 heterocycles. The van der Waals surface area contributed by atoms with Crippen LogP contribution < -0.4 is 9.47 Å². The van der Waals surface area contributed by atoms with Crippen molar-refractivity contribution < 1.29 is 22.6 Å². The third-order valence-corrected chi connectivity index (χ3v) is 2.28. The standard InChI is InChI=1S/C8H4BrF3N2O2/c1-15-5-3-14-7(16-8(10,11)12)4(2-13)6(5)9/h3H,1H3. The van der Waals surface area contributed by atoms with E-state index in [0.717, 1.165) is 6.20 Å². The zero-order valence-electron chi connectivity index (χ0n) is 7.80. The van der Waals surface area contributed by atoms with Gasteiger partial charge >= 0.3 is 6.36 Å². The van der Waals surface area contributed by atoms with E-state index in [1.807, 2.05) is 0 Å². The first-order valence-corrected chi connectivity index (χ1v) is 4.56. The Hall–Kier alpha value is -1.49. The summed E-state index contributed by atoms with van der Waals surface area (Å²) in [6.45, 7) is 0. The zero-order chi connectivity index (χ0) is 12.3. The topological polar surface area (TPSA) is 55.1 Å². The summed E-state index contributed by atoms with van der Waals surface area (Å²) in [4.78, 5) is 3.35. The number of nitriles is 1. The summed E-state index contributed by atoms with van der Waals surface area (Å²) < 4.78 is 44.3. The Morgan fingerprint density at radius 1 is 1.50 bits per heavy atom. The maximum atomic E-state index is 12.0. The van der Waals surface area contributed by atoms with Crippen LogP contribution in [0.2, 0.25) is 0 Å². The van der Waals surface area contributed by atoms with Crippen molar-refractivity contribution >= 4 is 15.9 Å². The molecule has 1 aromatic heterocycles. The van der Waals surface area contributed by atoms with Crippen molar-refractivity contribution in [2.75, 3.05) is 7.11 Å². The molecule has 0 saturated heterocycles. The average Bonchev–Trinajstić information content (AvgIpc) is 2.16. The van der Waals surface area contributed by atoms with Crippen molar-refractivity contribution in [1.82, 2.24) is 4.98 Å². The normalized spacial score (nSPS) is 10.8. The number of nitrogens with zero attached hydrogens (tertiary/aromatic N) is 2. The Bertz CT molecular complexity index is 442. The Kier molecular flexibility index (Phi) is 3.59. The molecule has 1 rings (SSSR count). The molecule has 0 atom stereocenters. The number of hydrogen-bond donors (Lipinski definition) is 0. The van der Waals surface area contributed by atoms with Crippen LogP contribution in [0.4, 0.5) is 13.2 Å². The lowest BCUT2D eigenvalue weighted by molar-refractivity contribution is -0.276. The van der Waals surface area contributed by atoms with Gasteiger partial charge in [-0.25, -0.2) is 4.98 Å². The Labute approximate surface area is 96.7 Å². The van der Waals surface area contributed by atoms with Gasteiger partial charge in [-0.3, -0.25) is 0 Å². The van der Waals surface area contributed by atoms with E-state index < -0.39 is 12.2 Å². The van der Waals surface area contributed by atoms with Gasteiger partial charge in [-0.05, 0) is 15.9 Å². The number of alkyl halides is 3. The predicted molar refractivity (Wildman–Crippen MR) is 49.9 cm³/mol. The number of pyridine rings is 1. The van der Waals surface area contributed by atoms with E-state index in [1.54, 1.807) is 6.07 Å². The fraction of sp³-hybridized carbons (Fsp3) is 0.250. The molecule has 1 aromatic rings. The molecule has 86 valence electrons. The number of hydrogen-bond acceptors (Lipinski definition) is 4. The number of halogens is 4. The Morgan fingerprint density at radius 3 is 2.56 bits per heavy atom. The first-order chi connectivity index (χ1) is 7.39. The van der Waals surface area contributed by atoms with Gasteiger partial charge in [0.05, 0.1) is 17.8 Å². The summed E-state index contributed by atoms with van der Waals surface area (Å²) in [6, 6.07) is 1.55. The van der Waals surface area contributed by atoms with Gasteiger partial charge < -0.3 is 9.47 Å². The first kappa shape index (κ1) is 12.6. The van der Waals surface area contributed by atoms with Gasteiger partial charge in [0.1, 0.15) is 11.6 Å². The second-order valence-corrected chi connectivity index (χ2v) is 3.27. The van der Waals surface area contributed by atoms with E-state index >= 15 is 0 Å². The van der Waals surface area contributed by atoms with Gasteiger partial charge in [-0.1, -0.05) is 0 Å². The van der Waals surface area contributed by atoms with E-state index in [4.69, 9.17) is 10.00 Å². The molecule has 16 heavy (non-hydrogen) atoms. The molecule has 0 radical (unpaired) electrons. The SMILES string of the molecule is COc1cnc(OC(F)(F)F)c(C#N)c1Br. The van der Waals surface area contributed by atoms with Gasteiger partial charge in [0.15, 0.2) is 5.75 Å². The highest BCUT2D eigenvalue weighted by molar-refractivity contribution is 9.10. The molecule has 0 bridgehead atoms. The van der Waals surface area contributed by atoms with Gasteiger partial charge in [-0.15, -0.1) is 13.2 Å². The fourth-order valence-electron chi connectivity index (χ4n) is 0.882. The van der Waals surface area contributed by atoms with Crippen LogP contribution in [0, 0.1) is 11.3 Å². The van der Waals surface area contributed by atoms with Crippen molar-refractivity contribution in [3.63, 3.8) is 0 Å². The number of ether oxygens (including phenoxy) is 2. The lowest BCUT2D eigenvalue weighted by Crippen LogP contribution is -2.18. The van der Waals surface area contributed by atoms with E-state index in [9.17, 15) is 13.2 Å². The molecule has 0 aliphatic heterocycles. The van der Waals surface area contributed by atoms with Crippen molar-refractivity contribution in [3.8, 4) is 17.7 Å². The molecule has 0 spiro atoms. The quantitative estimate of drug-likeness (QED) is 0.842.